The van der Waals surface area contributed by atoms with Crippen molar-refractivity contribution in [2.75, 3.05) is 6.54 Å². The average Bonchev–Trinajstić information content (AvgIpc) is 3.35. The van der Waals surface area contributed by atoms with Gasteiger partial charge in [-0.1, -0.05) is 5.16 Å². The molecule has 32 heavy (non-hydrogen) atoms. The van der Waals surface area contributed by atoms with E-state index in [9.17, 15) is 9.59 Å². The summed E-state index contributed by atoms with van der Waals surface area (Å²) in [5, 5.41) is 11.7. The summed E-state index contributed by atoms with van der Waals surface area (Å²) in [6.45, 7) is 6.12. The second kappa shape index (κ2) is 9.10. The molecule has 0 aliphatic heterocycles. The van der Waals surface area contributed by atoms with Crippen LogP contribution in [0.25, 0.3) is 11.3 Å². The van der Waals surface area contributed by atoms with Crippen LogP contribution in [0.15, 0.2) is 27.6 Å². The van der Waals surface area contributed by atoms with Gasteiger partial charge in [0, 0.05) is 43.2 Å². The highest BCUT2D eigenvalue weighted by molar-refractivity contribution is 5.75. The number of rotatable bonds is 6. The molecule has 0 unspecified atom stereocenters. The van der Waals surface area contributed by atoms with E-state index in [0.717, 1.165) is 54.1 Å². The van der Waals surface area contributed by atoms with Crippen LogP contribution >= 0.6 is 0 Å². The van der Waals surface area contributed by atoms with Gasteiger partial charge in [0.25, 0.3) is 0 Å². The van der Waals surface area contributed by atoms with Crippen molar-refractivity contribution in [3.63, 3.8) is 0 Å². The first-order valence-corrected chi connectivity index (χ1v) is 11.1. The summed E-state index contributed by atoms with van der Waals surface area (Å²) in [5.41, 5.74) is 3.95. The predicted octanol–water partition coefficient (Wildman–Crippen LogP) is 2.65. The van der Waals surface area contributed by atoms with Gasteiger partial charge in [0.2, 0.25) is 5.91 Å². The quantitative estimate of drug-likeness (QED) is 0.634. The van der Waals surface area contributed by atoms with E-state index >= 15 is 0 Å². The summed E-state index contributed by atoms with van der Waals surface area (Å²) >= 11 is 0. The van der Waals surface area contributed by atoms with E-state index in [1.807, 2.05) is 43.9 Å². The van der Waals surface area contributed by atoms with Crippen molar-refractivity contribution in [2.45, 2.75) is 58.9 Å². The number of hydrogen-bond acceptors (Lipinski definition) is 6. The van der Waals surface area contributed by atoms with E-state index < -0.39 is 0 Å². The molecule has 1 aliphatic rings. The fraction of sp³-hybridized carbons (Fsp3) is 0.522. The van der Waals surface area contributed by atoms with Crippen molar-refractivity contribution in [1.29, 1.82) is 0 Å². The lowest BCUT2D eigenvalue weighted by Crippen LogP contribution is -2.37. The number of aryl methyl sites for hydroxylation is 4. The van der Waals surface area contributed by atoms with Gasteiger partial charge in [-0.2, -0.15) is 10.1 Å². The molecule has 1 aliphatic carbocycles. The number of carbonyl (C=O) groups excluding carboxylic acids is 1. The Labute approximate surface area is 186 Å². The summed E-state index contributed by atoms with van der Waals surface area (Å²) < 4.78 is 8.72. The first kappa shape index (κ1) is 22.0. The number of hydrogen-bond donors (Lipinski definition) is 1. The zero-order chi connectivity index (χ0) is 22.8. The molecular weight excluding hydrogens is 408 g/mol. The van der Waals surface area contributed by atoms with Gasteiger partial charge in [-0.15, -0.1) is 0 Å². The third-order valence-corrected chi connectivity index (χ3v) is 6.22. The lowest BCUT2D eigenvalue weighted by Gasteiger charge is -2.28. The van der Waals surface area contributed by atoms with Crippen LogP contribution in [0, 0.1) is 26.7 Å². The Hall–Kier alpha value is -3.23. The molecule has 3 aromatic rings. The Balaban J connectivity index is 1.32. The molecule has 0 spiro atoms. The largest absolute Gasteiger partial charge is 0.356 e. The minimum absolute atomic E-state index is 0.00118. The van der Waals surface area contributed by atoms with Crippen LogP contribution in [0.4, 0.5) is 0 Å². The second-order valence-electron chi connectivity index (χ2n) is 8.86. The maximum atomic E-state index is 12.4. The highest BCUT2D eigenvalue weighted by atomic mass is 16.5. The fourth-order valence-electron chi connectivity index (χ4n) is 4.55. The maximum absolute atomic E-state index is 12.4. The Bertz CT molecular complexity index is 1170. The smallest absolute Gasteiger partial charge is 0.348 e. The van der Waals surface area contributed by atoms with Crippen molar-refractivity contribution in [2.24, 2.45) is 13.0 Å². The molecule has 3 aromatic heterocycles. The lowest BCUT2D eigenvalue weighted by atomic mass is 9.79. The monoisotopic (exact) mass is 438 g/mol. The number of carbonyl (C=O) groups is 1. The molecule has 0 aromatic carbocycles. The van der Waals surface area contributed by atoms with Crippen LogP contribution in [0.1, 0.15) is 54.4 Å². The molecular formula is C23H30N6O3. The Morgan fingerprint density at radius 2 is 1.91 bits per heavy atom. The molecule has 1 N–H and O–H groups in total. The summed E-state index contributed by atoms with van der Waals surface area (Å²) in [7, 11) is 1.92. The van der Waals surface area contributed by atoms with Crippen LogP contribution in [0.5, 0.6) is 0 Å². The zero-order valence-corrected chi connectivity index (χ0v) is 19.1. The van der Waals surface area contributed by atoms with Gasteiger partial charge in [-0.25, -0.2) is 4.79 Å². The topological polar surface area (TPSA) is 108 Å². The van der Waals surface area contributed by atoms with E-state index in [1.54, 1.807) is 6.92 Å². The van der Waals surface area contributed by atoms with Gasteiger partial charge in [-0.05, 0) is 58.4 Å². The molecule has 170 valence electrons. The molecule has 1 fully saturated rings. The molecule has 9 nitrogen and oxygen atoms in total. The van der Waals surface area contributed by atoms with E-state index in [4.69, 9.17) is 9.62 Å². The maximum Gasteiger partial charge on any atom is 0.348 e. The Kier molecular flexibility index (Phi) is 6.25. The van der Waals surface area contributed by atoms with Gasteiger partial charge in [0.05, 0.1) is 17.0 Å². The first-order chi connectivity index (χ1) is 15.3. The number of nitrogens with zero attached hydrogens (tertiary/aromatic N) is 5. The third kappa shape index (κ3) is 4.81. The van der Waals surface area contributed by atoms with Crippen molar-refractivity contribution < 1.29 is 9.32 Å². The fourth-order valence-corrected chi connectivity index (χ4v) is 4.55. The summed E-state index contributed by atoms with van der Waals surface area (Å²) in [4.78, 5) is 28.4. The molecule has 4 rings (SSSR count). The summed E-state index contributed by atoms with van der Waals surface area (Å²) in [6.07, 6.45) is 6.05. The van der Waals surface area contributed by atoms with E-state index in [2.05, 4.69) is 15.5 Å². The number of amides is 1. The minimum atomic E-state index is -0.383. The zero-order valence-electron chi connectivity index (χ0n) is 19.1. The van der Waals surface area contributed by atoms with E-state index in [1.165, 1.54) is 4.57 Å². The van der Waals surface area contributed by atoms with Gasteiger partial charge in [0.15, 0.2) is 5.76 Å². The molecule has 9 heteroatoms. The molecule has 3 heterocycles. The minimum Gasteiger partial charge on any atom is -0.356 e. The van der Waals surface area contributed by atoms with Crippen molar-refractivity contribution in [3.8, 4) is 11.3 Å². The Morgan fingerprint density at radius 1 is 1.16 bits per heavy atom. The Morgan fingerprint density at radius 3 is 2.56 bits per heavy atom. The third-order valence-electron chi connectivity index (χ3n) is 6.22. The van der Waals surface area contributed by atoms with Crippen LogP contribution in [0.2, 0.25) is 0 Å². The highest BCUT2D eigenvalue weighted by Gasteiger charge is 2.28. The lowest BCUT2D eigenvalue weighted by molar-refractivity contribution is -0.122. The normalized spacial score (nSPS) is 18.6. The molecule has 0 bridgehead atoms. The predicted molar refractivity (Wildman–Crippen MR) is 119 cm³/mol. The molecule has 0 saturated heterocycles. The van der Waals surface area contributed by atoms with Crippen molar-refractivity contribution in [1.82, 2.24) is 29.8 Å². The SMILES string of the molecule is Cc1cc(-c2cn(C)nc2C2CCC(CNC(=O)Cn3c(C)cc(C)nc3=O)CC2)on1. The van der Waals surface area contributed by atoms with E-state index in [-0.39, 0.29) is 18.1 Å². The van der Waals surface area contributed by atoms with Crippen molar-refractivity contribution >= 4 is 5.91 Å². The standard InChI is InChI=1S/C23H30N6O3/c1-14-9-16(3)29(23(31)25-14)13-21(30)24-11-17-5-7-18(8-6-17)22-19(12-28(4)26-22)20-10-15(2)27-32-20/h9-10,12,17-18H,5-8,11,13H2,1-4H3,(H,24,30). The second-order valence-corrected chi connectivity index (χ2v) is 8.86. The average molecular weight is 439 g/mol. The van der Waals surface area contributed by atoms with Crippen LogP contribution < -0.4 is 11.0 Å². The van der Waals surface area contributed by atoms with Gasteiger partial charge < -0.3 is 9.84 Å². The van der Waals surface area contributed by atoms with Crippen LogP contribution in [0.3, 0.4) is 0 Å². The van der Waals surface area contributed by atoms with Crippen LogP contribution in [-0.2, 0) is 18.4 Å². The van der Waals surface area contributed by atoms with Gasteiger partial charge in [0.1, 0.15) is 6.54 Å². The molecule has 0 radical (unpaired) electrons. The number of nitrogens with one attached hydrogen (secondary N) is 1. The van der Waals surface area contributed by atoms with Crippen molar-refractivity contribution in [3.05, 3.63) is 51.6 Å². The molecule has 1 saturated carbocycles. The number of aromatic nitrogens is 5. The summed E-state index contributed by atoms with van der Waals surface area (Å²) in [6, 6.07) is 3.75. The van der Waals surface area contributed by atoms with Gasteiger partial charge in [-0.3, -0.25) is 14.0 Å². The van der Waals surface area contributed by atoms with Crippen LogP contribution in [-0.4, -0.2) is 36.9 Å². The highest BCUT2D eigenvalue weighted by Crippen LogP contribution is 2.39. The molecule has 1 amide bonds. The van der Waals surface area contributed by atoms with E-state index in [0.29, 0.717) is 24.1 Å². The molecule has 0 atom stereocenters. The summed E-state index contributed by atoms with van der Waals surface area (Å²) in [5.74, 6) is 1.39. The van der Waals surface area contributed by atoms with Gasteiger partial charge >= 0.3 is 5.69 Å². The first-order valence-electron chi connectivity index (χ1n) is 11.1.